The Morgan fingerprint density at radius 2 is 1.80 bits per heavy atom. The molecular formula is C13H17BClF2NO2. The molecule has 1 fully saturated rings. The zero-order chi connectivity index (χ0) is 15.1. The highest BCUT2D eigenvalue weighted by molar-refractivity contribution is 6.65. The average Bonchev–Trinajstić information content (AvgIpc) is 2.50. The first-order valence-corrected chi connectivity index (χ1v) is 6.79. The average molecular weight is 304 g/mol. The third-order valence-electron chi connectivity index (χ3n) is 3.85. The fourth-order valence-corrected chi connectivity index (χ4v) is 2.22. The van der Waals surface area contributed by atoms with Crippen LogP contribution < -0.4 is 5.46 Å². The molecule has 0 aliphatic carbocycles. The number of aromatic nitrogens is 1. The molecule has 1 aliphatic rings. The van der Waals surface area contributed by atoms with Gasteiger partial charge in [0.05, 0.1) is 28.3 Å². The van der Waals surface area contributed by atoms with Crippen molar-refractivity contribution in [1.29, 1.82) is 0 Å². The van der Waals surface area contributed by atoms with Gasteiger partial charge in [-0.2, -0.15) is 0 Å². The highest BCUT2D eigenvalue weighted by Gasteiger charge is 2.52. The summed E-state index contributed by atoms with van der Waals surface area (Å²) in [6.07, 6.45) is -1.52. The van der Waals surface area contributed by atoms with E-state index in [1.54, 1.807) is 6.07 Å². The number of hydrogen-bond acceptors (Lipinski definition) is 3. The first kappa shape index (κ1) is 15.7. The molecule has 0 spiro atoms. The fraction of sp³-hybridized carbons (Fsp3) is 0.615. The second-order valence-corrected chi connectivity index (χ2v) is 6.22. The van der Waals surface area contributed by atoms with Gasteiger partial charge in [0.1, 0.15) is 0 Å². The number of rotatable bonds is 3. The first-order valence-electron chi connectivity index (χ1n) is 6.41. The summed E-state index contributed by atoms with van der Waals surface area (Å²) in [5.41, 5.74) is -0.315. The second kappa shape index (κ2) is 5.24. The van der Waals surface area contributed by atoms with Crippen LogP contribution >= 0.6 is 11.6 Å². The van der Waals surface area contributed by atoms with Gasteiger partial charge in [-0.05, 0) is 33.8 Å². The normalized spacial score (nSPS) is 20.7. The highest BCUT2D eigenvalue weighted by atomic mass is 35.5. The van der Waals surface area contributed by atoms with Crippen LogP contribution in [-0.2, 0) is 15.7 Å². The van der Waals surface area contributed by atoms with Crippen molar-refractivity contribution in [2.45, 2.75) is 51.7 Å². The third-order valence-corrected chi connectivity index (χ3v) is 4.28. The maximum absolute atomic E-state index is 12.5. The van der Waals surface area contributed by atoms with E-state index in [-0.39, 0.29) is 10.7 Å². The summed E-state index contributed by atoms with van der Waals surface area (Å²) in [5.74, 6) is 0. The van der Waals surface area contributed by atoms with E-state index in [1.807, 2.05) is 27.7 Å². The Kier molecular flexibility index (Phi) is 4.11. The topological polar surface area (TPSA) is 31.4 Å². The van der Waals surface area contributed by atoms with Gasteiger partial charge < -0.3 is 9.31 Å². The molecule has 1 aromatic heterocycles. The van der Waals surface area contributed by atoms with E-state index in [9.17, 15) is 8.78 Å². The molecule has 0 aromatic carbocycles. The standard InChI is InChI=1S/C13H17BClF2NO2/c1-12(2)13(3,4)20-14(19-12)8-5-6-18-9(11(8)15)7-10(16)17/h5-6,10H,7H2,1-4H3. The van der Waals surface area contributed by atoms with Crippen molar-refractivity contribution in [2.75, 3.05) is 0 Å². The summed E-state index contributed by atoms with van der Waals surface area (Å²) in [6.45, 7) is 7.68. The maximum Gasteiger partial charge on any atom is 0.496 e. The van der Waals surface area contributed by atoms with Gasteiger partial charge in [0.2, 0.25) is 6.43 Å². The van der Waals surface area contributed by atoms with Gasteiger partial charge in [0.15, 0.2) is 0 Å². The molecular weight excluding hydrogens is 286 g/mol. The van der Waals surface area contributed by atoms with Gasteiger partial charge >= 0.3 is 7.12 Å². The van der Waals surface area contributed by atoms with Crippen molar-refractivity contribution in [2.24, 2.45) is 0 Å². The highest BCUT2D eigenvalue weighted by Crippen LogP contribution is 2.37. The minimum atomic E-state index is -2.49. The fourth-order valence-electron chi connectivity index (χ4n) is 1.94. The quantitative estimate of drug-likeness (QED) is 0.805. The van der Waals surface area contributed by atoms with Crippen molar-refractivity contribution >= 4 is 24.2 Å². The number of alkyl halides is 2. The molecule has 2 rings (SSSR count). The Morgan fingerprint density at radius 1 is 1.25 bits per heavy atom. The lowest BCUT2D eigenvalue weighted by atomic mass is 9.79. The van der Waals surface area contributed by atoms with E-state index < -0.39 is 31.2 Å². The Bertz CT molecular complexity index is 495. The largest absolute Gasteiger partial charge is 0.496 e. The van der Waals surface area contributed by atoms with Crippen molar-refractivity contribution in [3.63, 3.8) is 0 Å². The second-order valence-electron chi connectivity index (χ2n) is 5.84. The SMILES string of the molecule is CC1(C)OB(c2ccnc(CC(F)F)c2Cl)OC1(C)C. The third kappa shape index (κ3) is 2.82. The van der Waals surface area contributed by atoms with E-state index in [2.05, 4.69) is 4.98 Å². The smallest absolute Gasteiger partial charge is 0.399 e. The van der Waals surface area contributed by atoms with E-state index in [4.69, 9.17) is 20.9 Å². The lowest BCUT2D eigenvalue weighted by Gasteiger charge is -2.32. The summed E-state index contributed by atoms with van der Waals surface area (Å²) >= 11 is 6.16. The predicted octanol–water partition coefficient (Wildman–Crippen LogP) is 2.84. The van der Waals surface area contributed by atoms with Gasteiger partial charge in [-0.15, -0.1) is 0 Å². The minimum Gasteiger partial charge on any atom is -0.399 e. The molecule has 1 saturated heterocycles. The zero-order valence-electron chi connectivity index (χ0n) is 11.9. The molecule has 1 aliphatic heterocycles. The summed E-state index contributed by atoms with van der Waals surface area (Å²) in [7, 11) is -0.674. The van der Waals surface area contributed by atoms with Crippen LogP contribution in [-0.4, -0.2) is 29.7 Å². The Labute approximate surface area is 122 Å². The van der Waals surface area contributed by atoms with Crippen LogP contribution in [0.1, 0.15) is 33.4 Å². The number of pyridine rings is 1. The van der Waals surface area contributed by atoms with Gasteiger partial charge in [0, 0.05) is 11.7 Å². The van der Waals surface area contributed by atoms with Crippen molar-refractivity contribution < 1.29 is 18.1 Å². The monoisotopic (exact) mass is 303 g/mol. The molecule has 0 amide bonds. The molecule has 1 aromatic rings. The molecule has 2 heterocycles. The number of nitrogens with zero attached hydrogens (tertiary/aromatic N) is 1. The van der Waals surface area contributed by atoms with Crippen LogP contribution in [0.15, 0.2) is 12.3 Å². The van der Waals surface area contributed by atoms with E-state index in [1.165, 1.54) is 6.20 Å². The van der Waals surface area contributed by atoms with Gasteiger partial charge in [-0.25, -0.2) is 8.78 Å². The van der Waals surface area contributed by atoms with E-state index >= 15 is 0 Å². The van der Waals surface area contributed by atoms with Crippen LogP contribution in [0.3, 0.4) is 0 Å². The molecule has 0 N–H and O–H groups in total. The Balaban J connectivity index is 2.31. The number of hydrogen-bond donors (Lipinski definition) is 0. The van der Waals surface area contributed by atoms with E-state index in [0.717, 1.165) is 0 Å². The Morgan fingerprint density at radius 3 is 2.30 bits per heavy atom. The first-order chi connectivity index (χ1) is 9.14. The maximum atomic E-state index is 12.5. The lowest BCUT2D eigenvalue weighted by Crippen LogP contribution is -2.41. The van der Waals surface area contributed by atoms with Crippen LogP contribution in [0.5, 0.6) is 0 Å². The van der Waals surface area contributed by atoms with Gasteiger partial charge in [-0.3, -0.25) is 4.98 Å². The van der Waals surface area contributed by atoms with Crippen LogP contribution in [0, 0.1) is 0 Å². The molecule has 0 unspecified atom stereocenters. The summed E-state index contributed by atoms with van der Waals surface area (Å²) in [4.78, 5) is 3.90. The molecule has 0 atom stereocenters. The molecule has 3 nitrogen and oxygen atoms in total. The molecule has 0 saturated carbocycles. The lowest BCUT2D eigenvalue weighted by molar-refractivity contribution is 0.00578. The molecule has 7 heteroatoms. The minimum absolute atomic E-state index is 0.161. The summed E-state index contributed by atoms with van der Waals surface area (Å²) in [6, 6.07) is 1.64. The molecule has 0 bridgehead atoms. The van der Waals surface area contributed by atoms with E-state index in [0.29, 0.717) is 5.46 Å². The van der Waals surface area contributed by atoms with Crippen molar-refractivity contribution in [3.05, 3.63) is 23.0 Å². The number of halogens is 3. The van der Waals surface area contributed by atoms with Crippen LogP contribution in [0.2, 0.25) is 5.02 Å². The molecule has 0 radical (unpaired) electrons. The van der Waals surface area contributed by atoms with Crippen molar-refractivity contribution in [3.8, 4) is 0 Å². The summed E-state index contributed by atoms with van der Waals surface area (Å²) < 4.78 is 36.7. The molecule has 20 heavy (non-hydrogen) atoms. The van der Waals surface area contributed by atoms with Crippen LogP contribution in [0.25, 0.3) is 0 Å². The zero-order valence-corrected chi connectivity index (χ0v) is 12.7. The molecule has 110 valence electrons. The Hall–Kier alpha value is -0.715. The predicted molar refractivity (Wildman–Crippen MR) is 74.7 cm³/mol. The van der Waals surface area contributed by atoms with Crippen LogP contribution in [0.4, 0.5) is 8.78 Å². The van der Waals surface area contributed by atoms with Gasteiger partial charge in [0.25, 0.3) is 0 Å². The van der Waals surface area contributed by atoms with Gasteiger partial charge in [-0.1, -0.05) is 11.6 Å². The van der Waals surface area contributed by atoms with Crippen molar-refractivity contribution in [1.82, 2.24) is 4.98 Å². The summed E-state index contributed by atoms with van der Waals surface area (Å²) in [5, 5.41) is 0.186.